The van der Waals surface area contributed by atoms with E-state index >= 15 is 0 Å². The minimum Gasteiger partial charge on any atom is -0.471 e. The van der Waals surface area contributed by atoms with Gasteiger partial charge in [0.2, 0.25) is 5.88 Å². The second-order valence-corrected chi connectivity index (χ2v) is 6.15. The lowest BCUT2D eigenvalue weighted by Gasteiger charge is -2.20. The molecule has 0 N–H and O–H groups in total. The molecule has 136 valence electrons. The summed E-state index contributed by atoms with van der Waals surface area (Å²) < 4.78 is 5.90. The van der Waals surface area contributed by atoms with Crippen LogP contribution < -0.4 is 4.74 Å². The molecule has 3 aromatic heterocycles. The lowest BCUT2D eigenvalue weighted by molar-refractivity contribution is 0.288. The predicted molar refractivity (Wildman–Crippen MR) is 102 cm³/mol. The molecule has 0 radical (unpaired) electrons. The third-order valence-corrected chi connectivity index (χ3v) is 4.48. The molecule has 1 aliphatic rings. The lowest BCUT2D eigenvalue weighted by atomic mass is 9.89. The molecule has 0 amide bonds. The summed E-state index contributed by atoms with van der Waals surface area (Å²) in [5.74, 6) is 0.541. The van der Waals surface area contributed by atoms with Crippen molar-refractivity contribution in [1.82, 2.24) is 19.9 Å². The third kappa shape index (κ3) is 4.04. The maximum absolute atomic E-state index is 9.41. The average Bonchev–Trinajstić information content (AvgIpc) is 2.72. The van der Waals surface area contributed by atoms with Gasteiger partial charge >= 0.3 is 0 Å². The number of hydrogen-bond acceptors (Lipinski definition) is 6. The van der Waals surface area contributed by atoms with E-state index in [0.29, 0.717) is 18.2 Å². The first-order valence-corrected chi connectivity index (χ1v) is 8.61. The van der Waals surface area contributed by atoms with Gasteiger partial charge in [-0.05, 0) is 48.9 Å². The number of fused-ring (bicyclic) bond motifs is 1. The Bertz CT molecular complexity index is 972. The van der Waals surface area contributed by atoms with Gasteiger partial charge < -0.3 is 4.74 Å². The Kier molecular flexibility index (Phi) is 5.94. The molecular weight excluding hydrogens is 362 g/mol. The minimum atomic E-state index is 0. The number of aryl methyl sites for hydroxylation is 1. The molecule has 1 aliphatic carbocycles. The number of pyridine rings is 2. The van der Waals surface area contributed by atoms with Gasteiger partial charge in [0.25, 0.3) is 0 Å². The number of hydrogen-bond donors (Lipinski definition) is 0. The van der Waals surface area contributed by atoms with Crippen molar-refractivity contribution in [2.45, 2.75) is 32.3 Å². The minimum absolute atomic E-state index is 0. The van der Waals surface area contributed by atoms with Crippen LogP contribution in [0.15, 0.2) is 43.0 Å². The zero-order valence-electron chi connectivity index (χ0n) is 14.6. The van der Waals surface area contributed by atoms with Gasteiger partial charge in [-0.1, -0.05) is 6.07 Å². The molecule has 0 saturated heterocycles. The highest BCUT2D eigenvalue weighted by Crippen LogP contribution is 2.34. The summed E-state index contributed by atoms with van der Waals surface area (Å²) in [5, 5.41) is 9.41. The van der Waals surface area contributed by atoms with Crippen LogP contribution in [0.2, 0.25) is 0 Å². The molecule has 6 nitrogen and oxygen atoms in total. The van der Waals surface area contributed by atoms with Crippen LogP contribution in [-0.2, 0) is 19.4 Å². The van der Waals surface area contributed by atoms with E-state index < -0.39 is 0 Å². The Balaban J connectivity index is 0.00000210. The average molecular weight is 380 g/mol. The van der Waals surface area contributed by atoms with Crippen LogP contribution in [0.3, 0.4) is 0 Å². The molecule has 0 fully saturated rings. The SMILES string of the molecule is Cl.N#Cc1ncncc1-c1cc(OCc2ccccn2)nc2c1CCCC2. The maximum atomic E-state index is 9.41. The quantitative estimate of drug-likeness (QED) is 0.687. The largest absolute Gasteiger partial charge is 0.471 e. The maximum Gasteiger partial charge on any atom is 0.214 e. The fourth-order valence-electron chi connectivity index (χ4n) is 3.24. The van der Waals surface area contributed by atoms with Crippen LogP contribution in [0.5, 0.6) is 5.88 Å². The summed E-state index contributed by atoms with van der Waals surface area (Å²) in [6.45, 7) is 0.350. The molecule has 0 atom stereocenters. The van der Waals surface area contributed by atoms with Gasteiger partial charge in [-0.25, -0.2) is 15.0 Å². The molecule has 3 heterocycles. The first-order chi connectivity index (χ1) is 12.8. The van der Waals surface area contributed by atoms with E-state index in [0.717, 1.165) is 48.2 Å². The van der Waals surface area contributed by atoms with Crippen molar-refractivity contribution in [3.05, 3.63) is 65.6 Å². The van der Waals surface area contributed by atoms with Crippen molar-refractivity contribution in [3.63, 3.8) is 0 Å². The second-order valence-electron chi connectivity index (χ2n) is 6.15. The van der Waals surface area contributed by atoms with Gasteiger partial charge in [0.1, 0.15) is 19.0 Å². The normalized spacial score (nSPS) is 12.4. The highest BCUT2D eigenvalue weighted by atomic mass is 35.5. The Morgan fingerprint density at radius 3 is 2.81 bits per heavy atom. The van der Waals surface area contributed by atoms with E-state index in [1.807, 2.05) is 24.3 Å². The summed E-state index contributed by atoms with van der Waals surface area (Å²) in [6.07, 6.45) is 8.92. The van der Waals surface area contributed by atoms with Crippen LogP contribution in [0.1, 0.15) is 35.5 Å². The molecular formula is C20H18ClN5O. The summed E-state index contributed by atoms with van der Waals surface area (Å²) >= 11 is 0. The van der Waals surface area contributed by atoms with Crippen molar-refractivity contribution in [2.24, 2.45) is 0 Å². The third-order valence-electron chi connectivity index (χ3n) is 4.48. The van der Waals surface area contributed by atoms with Crippen molar-refractivity contribution in [3.8, 4) is 23.1 Å². The highest BCUT2D eigenvalue weighted by Gasteiger charge is 2.20. The summed E-state index contributed by atoms with van der Waals surface area (Å²) in [6, 6.07) is 9.77. The van der Waals surface area contributed by atoms with E-state index in [1.54, 1.807) is 12.4 Å². The smallest absolute Gasteiger partial charge is 0.214 e. The molecule has 4 rings (SSSR count). The molecule has 0 spiro atoms. The zero-order chi connectivity index (χ0) is 17.8. The van der Waals surface area contributed by atoms with Crippen molar-refractivity contribution >= 4 is 12.4 Å². The van der Waals surface area contributed by atoms with Gasteiger partial charge in [0, 0.05) is 29.7 Å². The number of nitrogens with zero attached hydrogens (tertiary/aromatic N) is 5. The van der Waals surface area contributed by atoms with Crippen molar-refractivity contribution in [2.75, 3.05) is 0 Å². The van der Waals surface area contributed by atoms with Crippen molar-refractivity contribution in [1.29, 1.82) is 5.26 Å². The number of halogens is 1. The van der Waals surface area contributed by atoms with Crippen LogP contribution >= 0.6 is 12.4 Å². The Hall–Kier alpha value is -3.04. The first-order valence-electron chi connectivity index (χ1n) is 8.61. The first kappa shape index (κ1) is 18.7. The molecule has 3 aromatic rings. The monoisotopic (exact) mass is 379 g/mol. The van der Waals surface area contributed by atoms with E-state index in [4.69, 9.17) is 9.72 Å². The number of rotatable bonds is 4. The molecule has 0 bridgehead atoms. The topological polar surface area (TPSA) is 84.6 Å². The van der Waals surface area contributed by atoms with E-state index in [2.05, 4.69) is 21.0 Å². The van der Waals surface area contributed by atoms with Gasteiger partial charge in [0.15, 0.2) is 5.69 Å². The predicted octanol–water partition coefficient (Wildman–Crippen LogP) is 3.68. The number of ether oxygens (including phenoxy) is 1. The second kappa shape index (κ2) is 8.56. The van der Waals surface area contributed by atoms with E-state index in [9.17, 15) is 5.26 Å². The van der Waals surface area contributed by atoms with Gasteiger partial charge in [-0.3, -0.25) is 4.98 Å². The molecule has 0 aromatic carbocycles. The Morgan fingerprint density at radius 2 is 2.00 bits per heavy atom. The Morgan fingerprint density at radius 1 is 1.11 bits per heavy atom. The van der Waals surface area contributed by atoms with Gasteiger partial charge in [-0.2, -0.15) is 5.26 Å². The molecule has 0 aliphatic heterocycles. The molecule has 0 saturated carbocycles. The Labute approximate surface area is 163 Å². The van der Waals surface area contributed by atoms with E-state index in [-0.39, 0.29) is 12.4 Å². The lowest BCUT2D eigenvalue weighted by Crippen LogP contribution is -2.10. The van der Waals surface area contributed by atoms with Crippen LogP contribution in [0, 0.1) is 11.3 Å². The van der Waals surface area contributed by atoms with Crippen LogP contribution in [-0.4, -0.2) is 19.9 Å². The van der Waals surface area contributed by atoms with Crippen LogP contribution in [0.25, 0.3) is 11.1 Å². The molecule has 7 heteroatoms. The zero-order valence-corrected chi connectivity index (χ0v) is 15.4. The molecule has 27 heavy (non-hydrogen) atoms. The standard InChI is InChI=1S/C20H17N5O.ClH/c21-10-19-17(11-22-13-24-19)16-9-20(25-18-7-2-1-6-15(16)18)26-12-14-5-3-4-8-23-14;/h3-5,8-9,11,13H,1-2,6-7,12H2;1H. The van der Waals surface area contributed by atoms with Gasteiger partial charge in [0.05, 0.1) is 5.69 Å². The summed E-state index contributed by atoms with van der Waals surface area (Å²) in [4.78, 5) is 17.2. The van der Waals surface area contributed by atoms with Gasteiger partial charge in [-0.15, -0.1) is 12.4 Å². The number of nitriles is 1. The fourth-order valence-corrected chi connectivity index (χ4v) is 3.24. The van der Waals surface area contributed by atoms with Crippen molar-refractivity contribution < 1.29 is 4.74 Å². The summed E-state index contributed by atoms with van der Waals surface area (Å²) in [7, 11) is 0. The highest BCUT2D eigenvalue weighted by molar-refractivity contribution is 5.85. The summed E-state index contributed by atoms with van der Waals surface area (Å²) in [5.41, 5.74) is 5.11. The fraction of sp³-hybridized carbons (Fsp3) is 0.250. The molecule has 0 unspecified atom stereocenters. The van der Waals surface area contributed by atoms with Crippen LogP contribution in [0.4, 0.5) is 0 Å². The number of aromatic nitrogens is 4. The van der Waals surface area contributed by atoms with E-state index in [1.165, 1.54) is 11.9 Å².